The molecular formula is C26H32N2O5S. The fourth-order valence-corrected chi connectivity index (χ4v) is 4.95. The molecule has 2 aromatic rings. The third-order valence-electron chi connectivity index (χ3n) is 6.12. The van der Waals surface area contributed by atoms with Crippen molar-refractivity contribution in [3.63, 3.8) is 0 Å². The molecule has 0 aromatic heterocycles. The van der Waals surface area contributed by atoms with Crippen molar-refractivity contribution < 1.29 is 24.2 Å². The Morgan fingerprint density at radius 1 is 1.09 bits per heavy atom. The number of hydrogen-bond acceptors (Lipinski definition) is 5. The van der Waals surface area contributed by atoms with Crippen LogP contribution in [0.25, 0.3) is 11.1 Å². The summed E-state index contributed by atoms with van der Waals surface area (Å²) in [6.07, 6.45) is 2.20. The van der Waals surface area contributed by atoms with Gasteiger partial charge in [0, 0.05) is 18.2 Å². The lowest BCUT2D eigenvalue weighted by molar-refractivity contribution is -0.147. The molecule has 7 nitrogen and oxygen atoms in total. The zero-order valence-electron chi connectivity index (χ0n) is 19.9. The van der Waals surface area contributed by atoms with E-state index in [2.05, 4.69) is 17.4 Å². The van der Waals surface area contributed by atoms with Crippen molar-refractivity contribution in [2.75, 3.05) is 31.7 Å². The predicted molar refractivity (Wildman–Crippen MR) is 134 cm³/mol. The van der Waals surface area contributed by atoms with E-state index >= 15 is 0 Å². The van der Waals surface area contributed by atoms with Crippen LogP contribution in [0.15, 0.2) is 48.5 Å². The van der Waals surface area contributed by atoms with E-state index in [0.717, 1.165) is 22.3 Å². The molecule has 2 N–H and O–H groups in total. The summed E-state index contributed by atoms with van der Waals surface area (Å²) in [7, 11) is 0. The van der Waals surface area contributed by atoms with E-state index in [1.54, 1.807) is 6.92 Å². The van der Waals surface area contributed by atoms with Crippen LogP contribution in [-0.4, -0.2) is 65.2 Å². The van der Waals surface area contributed by atoms with Gasteiger partial charge >= 0.3 is 12.1 Å². The Labute approximate surface area is 204 Å². The number of amides is 2. The van der Waals surface area contributed by atoms with Crippen molar-refractivity contribution in [3.8, 4) is 11.1 Å². The number of hydrogen-bond donors (Lipinski definition) is 2. The van der Waals surface area contributed by atoms with Crippen LogP contribution in [-0.2, 0) is 14.3 Å². The highest BCUT2D eigenvalue weighted by molar-refractivity contribution is 7.98. The molecule has 2 amide bonds. The van der Waals surface area contributed by atoms with Gasteiger partial charge < -0.3 is 20.1 Å². The van der Waals surface area contributed by atoms with Gasteiger partial charge in [-0.3, -0.25) is 9.59 Å². The topological polar surface area (TPSA) is 95.9 Å². The second kappa shape index (κ2) is 11.4. The van der Waals surface area contributed by atoms with Crippen LogP contribution < -0.4 is 5.32 Å². The number of benzene rings is 2. The van der Waals surface area contributed by atoms with E-state index in [9.17, 15) is 19.5 Å². The number of carboxylic acid groups (broad SMARTS) is 1. The second-order valence-corrected chi connectivity index (χ2v) is 9.63. The summed E-state index contributed by atoms with van der Waals surface area (Å²) in [5, 5.41) is 12.0. The Hall–Kier alpha value is -3.00. The molecule has 34 heavy (non-hydrogen) atoms. The molecule has 0 bridgehead atoms. The van der Waals surface area contributed by atoms with Crippen LogP contribution in [0.2, 0.25) is 0 Å². The number of carbonyl (C=O) groups is 3. The van der Waals surface area contributed by atoms with Crippen molar-refractivity contribution in [2.45, 2.75) is 38.1 Å². The molecule has 1 aliphatic rings. The molecule has 1 atom stereocenters. The van der Waals surface area contributed by atoms with Crippen molar-refractivity contribution in [1.29, 1.82) is 0 Å². The van der Waals surface area contributed by atoms with Crippen molar-refractivity contribution in [1.82, 2.24) is 10.2 Å². The van der Waals surface area contributed by atoms with E-state index in [4.69, 9.17) is 4.74 Å². The lowest BCUT2D eigenvalue weighted by Gasteiger charge is -2.34. The number of carboxylic acids is 1. The van der Waals surface area contributed by atoms with Crippen molar-refractivity contribution >= 4 is 29.7 Å². The largest absolute Gasteiger partial charge is 0.480 e. The van der Waals surface area contributed by atoms with Gasteiger partial charge in [-0.1, -0.05) is 61.9 Å². The summed E-state index contributed by atoms with van der Waals surface area (Å²) in [6, 6.07) is 16.2. The summed E-state index contributed by atoms with van der Waals surface area (Å²) in [5.74, 6) is -0.989. The number of alkyl carbamates (subject to hydrolysis) is 1. The summed E-state index contributed by atoms with van der Waals surface area (Å²) in [5.41, 5.74) is 3.22. The Kier molecular flexibility index (Phi) is 8.61. The van der Waals surface area contributed by atoms with Gasteiger partial charge in [0.25, 0.3) is 0 Å². The van der Waals surface area contributed by atoms with Gasteiger partial charge in [0.05, 0.1) is 0 Å². The number of thioether (sulfide) groups is 1. The SMILES string of the molecule is CCCC(C)(NC(=O)OCC1c2ccccc2-c2ccccc21)C(=O)N(CCSC)CC(=O)O. The maximum absolute atomic E-state index is 13.3. The molecule has 3 rings (SSSR count). The quantitative estimate of drug-likeness (QED) is 0.492. The molecule has 0 radical (unpaired) electrons. The van der Waals surface area contributed by atoms with E-state index in [1.165, 1.54) is 16.7 Å². The molecule has 2 aromatic carbocycles. The number of carbonyl (C=O) groups excluding carboxylic acids is 2. The molecular weight excluding hydrogens is 452 g/mol. The highest BCUT2D eigenvalue weighted by Crippen LogP contribution is 2.44. The third kappa shape index (κ3) is 5.73. The molecule has 0 fully saturated rings. The molecule has 0 spiro atoms. The zero-order valence-corrected chi connectivity index (χ0v) is 20.7. The van der Waals surface area contributed by atoms with Crippen molar-refractivity contribution in [3.05, 3.63) is 59.7 Å². The van der Waals surface area contributed by atoms with Crippen LogP contribution in [0.1, 0.15) is 43.7 Å². The smallest absolute Gasteiger partial charge is 0.408 e. The fraction of sp³-hybridized carbons (Fsp3) is 0.423. The standard InChI is InChI=1S/C26H32N2O5S/c1-4-13-26(2,24(31)28(14-15-34-3)16-23(29)30)27-25(32)33-17-22-20-11-7-5-9-18(20)19-10-6-8-12-21(19)22/h5-12,22H,4,13-17H2,1-3H3,(H,27,32)(H,29,30). The molecule has 8 heteroatoms. The predicted octanol–water partition coefficient (Wildman–Crippen LogP) is 4.36. The number of rotatable bonds is 11. The summed E-state index contributed by atoms with van der Waals surface area (Å²) in [6.45, 7) is 3.56. The van der Waals surface area contributed by atoms with E-state index < -0.39 is 30.1 Å². The summed E-state index contributed by atoms with van der Waals surface area (Å²) in [4.78, 5) is 38.8. The van der Waals surface area contributed by atoms with Crippen LogP contribution in [0.3, 0.4) is 0 Å². The minimum absolute atomic E-state index is 0.0867. The summed E-state index contributed by atoms with van der Waals surface area (Å²) < 4.78 is 5.63. The van der Waals surface area contributed by atoms with Gasteiger partial charge in [0.15, 0.2) is 0 Å². The normalized spacial score (nSPS) is 14.0. The highest BCUT2D eigenvalue weighted by Gasteiger charge is 2.39. The van der Waals surface area contributed by atoms with Crippen LogP contribution in [0.4, 0.5) is 4.79 Å². The van der Waals surface area contributed by atoms with Gasteiger partial charge in [0.1, 0.15) is 18.7 Å². The molecule has 1 unspecified atom stereocenters. The number of fused-ring (bicyclic) bond motifs is 3. The van der Waals surface area contributed by atoms with Crippen LogP contribution in [0, 0.1) is 0 Å². The lowest BCUT2D eigenvalue weighted by Crippen LogP contribution is -2.59. The van der Waals surface area contributed by atoms with Crippen molar-refractivity contribution in [2.24, 2.45) is 0 Å². The van der Waals surface area contributed by atoms with E-state index in [1.807, 2.05) is 49.6 Å². The Morgan fingerprint density at radius 2 is 1.68 bits per heavy atom. The van der Waals surface area contributed by atoms with E-state index in [0.29, 0.717) is 18.6 Å². The first-order valence-electron chi connectivity index (χ1n) is 11.4. The third-order valence-corrected chi connectivity index (χ3v) is 6.71. The maximum Gasteiger partial charge on any atom is 0.408 e. The van der Waals surface area contributed by atoms with Gasteiger partial charge in [-0.2, -0.15) is 11.8 Å². The molecule has 182 valence electrons. The van der Waals surface area contributed by atoms with Crippen LogP contribution in [0.5, 0.6) is 0 Å². The van der Waals surface area contributed by atoms with E-state index in [-0.39, 0.29) is 19.1 Å². The van der Waals surface area contributed by atoms with Gasteiger partial charge in [-0.05, 0) is 41.9 Å². The number of nitrogens with one attached hydrogen (secondary N) is 1. The van der Waals surface area contributed by atoms with Gasteiger partial charge in [-0.15, -0.1) is 0 Å². The average molecular weight is 485 g/mol. The molecule has 0 heterocycles. The van der Waals surface area contributed by atoms with Gasteiger partial charge in [0.2, 0.25) is 5.91 Å². The Balaban J connectivity index is 1.72. The minimum Gasteiger partial charge on any atom is -0.480 e. The molecule has 0 saturated carbocycles. The highest BCUT2D eigenvalue weighted by atomic mass is 32.2. The molecule has 1 aliphatic carbocycles. The number of ether oxygens (including phenoxy) is 1. The molecule has 0 aliphatic heterocycles. The first kappa shape index (κ1) is 25.6. The number of aliphatic carboxylic acids is 1. The Bertz CT molecular complexity index is 998. The fourth-order valence-electron chi connectivity index (χ4n) is 4.55. The molecule has 0 saturated heterocycles. The Morgan fingerprint density at radius 3 is 2.21 bits per heavy atom. The lowest BCUT2D eigenvalue weighted by atomic mass is 9.94. The minimum atomic E-state index is -1.26. The second-order valence-electron chi connectivity index (χ2n) is 8.65. The first-order chi connectivity index (χ1) is 16.3. The number of nitrogens with zero attached hydrogens (tertiary/aromatic N) is 1. The van der Waals surface area contributed by atoms with Gasteiger partial charge in [-0.25, -0.2) is 4.79 Å². The van der Waals surface area contributed by atoms with Crippen LogP contribution >= 0.6 is 11.8 Å². The average Bonchev–Trinajstić information content (AvgIpc) is 3.13. The monoisotopic (exact) mass is 484 g/mol. The zero-order chi connectivity index (χ0) is 24.7. The first-order valence-corrected chi connectivity index (χ1v) is 12.8. The maximum atomic E-state index is 13.3. The summed E-state index contributed by atoms with van der Waals surface area (Å²) >= 11 is 1.52.